The maximum atomic E-state index is 12.5. The van der Waals surface area contributed by atoms with Crippen molar-refractivity contribution in [1.82, 2.24) is 9.38 Å². The van der Waals surface area contributed by atoms with Crippen molar-refractivity contribution in [3.05, 3.63) is 58.9 Å². The zero-order valence-corrected chi connectivity index (χ0v) is 14.9. The number of nitro groups is 1. The van der Waals surface area contributed by atoms with Crippen molar-refractivity contribution in [3.63, 3.8) is 0 Å². The third kappa shape index (κ3) is 3.62. The molecule has 0 saturated heterocycles. The summed E-state index contributed by atoms with van der Waals surface area (Å²) in [7, 11) is 1.44. The number of nitro benzene ring substituents is 1. The average molecular weight is 372 g/mol. The highest BCUT2D eigenvalue weighted by Gasteiger charge is 2.20. The van der Waals surface area contributed by atoms with E-state index in [0.717, 1.165) is 5.52 Å². The quantitative estimate of drug-likeness (QED) is 0.405. The van der Waals surface area contributed by atoms with E-state index >= 15 is 0 Å². The number of pyridine rings is 1. The van der Waals surface area contributed by atoms with Crippen LogP contribution >= 0.6 is 11.8 Å². The number of non-ortho nitro benzene ring substituents is 1. The molecule has 0 fully saturated rings. The lowest BCUT2D eigenvalue weighted by molar-refractivity contribution is -0.384. The van der Waals surface area contributed by atoms with Gasteiger partial charge < -0.3 is 10.1 Å². The fourth-order valence-electron chi connectivity index (χ4n) is 2.36. The number of carbonyl (C=O) groups is 1. The first-order valence-electron chi connectivity index (χ1n) is 7.71. The molecule has 2 heterocycles. The van der Waals surface area contributed by atoms with Crippen LogP contribution in [0.25, 0.3) is 5.52 Å². The number of nitrogens with one attached hydrogen (secondary N) is 1. The smallest absolute Gasteiger partial charge is 0.271 e. The van der Waals surface area contributed by atoms with Gasteiger partial charge in [0.25, 0.3) is 5.69 Å². The average Bonchev–Trinajstić information content (AvgIpc) is 3.04. The monoisotopic (exact) mass is 372 g/mol. The molecule has 9 heteroatoms. The Morgan fingerprint density at radius 3 is 2.92 bits per heavy atom. The summed E-state index contributed by atoms with van der Waals surface area (Å²) < 4.78 is 7.05. The SMILES string of the molecule is COc1ccc([N+](=O)[O-])cc1NC(=O)C(C)Sc1ncc2ccccn12. The summed E-state index contributed by atoms with van der Waals surface area (Å²) in [5.74, 6) is 0.0499. The Balaban J connectivity index is 1.77. The number of nitrogens with zero attached hydrogens (tertiary/aromatic N) is 3. The van der Waals surface area contributed by atoms with Gasteiger partial charge >= 0.3 is 0 Å². The molecule has 26 heavy (non-hydrogen) atoms. The maximum absolute atomic E-state index is 12.5. The Hall–Kier alpha value is -3.07. The molecule has 0 spiro atoms. The molecule has 1 N–H and O–H groups in total. The summed E-state index contributed by atoms with van der Waals surface area (Å²) in [5.41, 5.74) is 1.07. The number of hydrogen-bond donors (Lipinski definition) is 1. The molecule has 134 valence electrons. The molecule has 1 unspecified atom stereocenters. The van der Waals surface area contributed by atoms with E-state index in [1.54, 1.807) is 13.1 Å². The number of benzene rings is 1. The normalized spacial score (nSPS) is 11.9. The predicted octanol–water partition coefficient (Wildman–Crippen LogP) is 3.37. The van der Waals surface area contributed by atoms with Crippen molar-refractivity contribution in [2.45, 2.75) is 17.3 Å². The van der Waals surface area contributed by atoms with E-state index in [-0.39, 0.29) is 17.3 Å². The van der Waals surface area contributed by atoms with Gasteiger partial charge in [0.15, 0.2) is 5.16 Å². The van der Waals surface area contributed by atoms with Crippen molar-refractivity contribution in [1.29, 1.82) is 0 Å². The molecule has 0 radical (unpaired) electrons. The molecule has 8 nitrogen and oxygen atoms in total. The lowest BCUT2D eigenvalue weighted by Gasteiger charge is -2.13. The molecule has 2 aromatic heterocycles. The minimum absolute atomic E-state index is 0.124. The van der Waals surface area contributed by atoms with Gasteiger partial charge in [-0.15, -0.1) is 0 Å². The van der Waals surface area contributed by atoms with E-state index in [1.165, 1.54) is 37.1 Å². The van der Waals surface area contributed by atoms with E-state index in [4.69, 9.17) is 4.74 Å². The third-order valence-electron chi connectivity index (χ3n) is 3.71. The molecule has 1 amide bonds. The Kier molecular flexibility index (Phi) is 5.08. The zero-order valence-electron chi connectivity index (χ0n) is 14.1. The van der Waals surface area contributed by atoms with Crippen LogP contribution in [-0.2, 0) is 4.79 Å². The van der Waals surface area contributed by atoms with Crippen molar-refractivity contribution in [3.8, 4) is 5.75 Å². The number of methoxy groups -OCH3 is 1. The zero-order chi connectivity index (χ0) is 18.7. The Bertz CT molecular complexity index is 972. The van der Waals surface area contributed by atoms with Gasteiger partial charge in [0, 0.05) is 18.3 Å². The Labute approximate surface area is 153 Å². The lowest BCUT2D eigenvalue weighted by atomic mass is 10.2. The number of ether oxygens (including phenoxy) is 1. The van der Waals surface area contributed by atoms with Crippen molar-refractivity contribution < 1.29 is 14.5 Å². The van der Waals surface area contributed by atoms with Gasteiger partial charge in [-0.25, -0.2) is 4.98 Å². The highest BCUT2D eigenvalue weighted by molar-refractivity contribution is 8.00. The summed E-state index contributed by atoms with van der Waals surface area (Å²) in [6.45, 7) is 1.74. The van der Waals surface area contributed by atoms with Gasteiger partial charge in [-0.05, 0) is 25.1 Å². The summed E-state index contributed by atoms with van der Waals surface area (Å²) in [6, 6.07) is 9.78. The Morgan fingerprint density at radius 2 is 2.19 bits per heavy atom. The second kappa shape index (κ2) is 7.44. The molecule has 3 aromatic rings. The van der Waals surface area contributed by atoms with Crippen LogP contribution in [-0.4, -0.2) is 32.6 Å². The predicted molar refractivity (Wildman–Crippen MR) is 98.8 cm³/mol. The summed E-state index contributed by atoms with van der Waals surface area (Å²) in [6.07, 6.45) is 3.61. The van der Waals surface area contributed by atoms with Crippen LogP contribution < -0.4 is 10.1 Å². The van der Waals surface area contributed by atoms with Crippen molar-refractivity contribution >= 4 is 34.6 Å². The standard InChI is InChI=1S/C17H16N4O4S/c1-11(26-17-18-10-13-5-3-4-8-20(13)17)16(22)19-14-9-12(21(23)24)6-7-15(14)25-2/h3-11H,1-2H3,(H,19,22). The second-order valence-electron chi connectivity index (χ2n) is 5.43. The van der Waals surface area contributed by atoms with E-state index in [9.17, 15) is 14.9 Å². The maximum Gasteiger partial charge on any atom is 0.271 e. The molecule has 1 aromatic carbocycles. The summed E-state index contributed by atoms with van der Waals surface area (Å²) >= 11 is 1.30. The number of imidazole rings is 1. The number of amides is 1. The topological polar surface area (TPSA) is 98.8 Å². The highest BCUT2D eigenvalue weighted by Crippen LogP contribution is 2.30. The molecule has 0 aliphatic carbocycles. The van der Waals surface area contributed by atoms with Crippen LogP contribution in [0.15, 0.2) is 53.9 Å². The van der Waals surface area contributed by atoms with E-state index in [2.05, 4.69) is 10.3 Å². The fourth-order valence-corrected chi connectivity index (χ4v) is 3.24. The van der Waals surface area contributed by atoms with E-state index in [0.29, 0.717) is 10.9 Å². The molecule has 0 aliphatic heterocycles. The molecule has 3 rings (SSSR count). The van der Waals surface area contributed by atoms with Crippen LogP contribution in [0.3, 0.4) is 0 Å². The number of rotatable bonds is 6. The summed E-state index contributed by atoms with van der Waals surface area (Å²) in [5, 5.41) is 13.9. The lowest BCUT2D eigenvalue weighted by Crippen LogP contribution is -2.23. The Morgan fingerprint density at radius 1 is 1.38 bits per heavy atom. The molecular formula is C17H16N4O4S. The van der Waals surface area contributed by atoms with Gasteiger partial charge in [-0.1, -0.05) is 17.8 Å². The largest absolute Gasteiger partial charge is 0.495 e. The summed E-state index contributed by atoms with van der Waals surface area (Å²) in [4.78, 5) is 27.3. The van der Waals surface area contributed by atoms with Crippen LogP contribution in [0.1, 0.15) is 6.92 Å². The van der Waals surface area contributed by atoms with E-state index in [1.807, 2.05) is 28.8 Å². The van der Waals surface area contributed by atoms with Gasteiger partial charge in [-0.3, -0.25) is 19.3 Å². The highest BCUT2D eigenvalue weighted by atomic mass is 32.2. The third-order valence-corrected chi connectivity index (χ3v) is 4.79. The first kappa shape index (κ1) is 17.7. The van der Waals surface area contributed by atoms with Gasteiger partial charge in [-0.2, -0.15) is 0 Å². The van der Waals surface area contributed by atoms with E-state index < -0.39 is 10.2 Å². The molecular weight excluding hydrogens is 356 g/mol. The molecule has 0 aliphatic rings. The molecule has 1 atom stereocenters. The number of aromatic nitrogens is 2. The van der Waals surface area contributed by atoms with Gasteiger partial charge in [0.05, 0.1) is 34.7 Å². The number of thioether (sulfide) groups is 1. The number of carbonyl (C=O) groups excluding carboxylic acids is 1. The van der Waals surface area contributed by atoms with Gasteiger partial charge in [0.2, 0.25) is 5.91 Å². The molecule has 0 saturated carbocycles. The van der Waals surface area contributed by atoms with Crippen molar-refractivity contribution in [2.24, 2.45) is 0 Å². The minimum atomic E-state index is -0.524. The van der Waals surface area contributed by atoms with Crippen LogP contribution in [0, 0.1) is 10.1 Å². The van der Waals surface area contributed by atoms with Crippen LogP contribution in [0.2, 0.25) is 0 Å². The number of anilines is 1. The molecule has 0 bridgehead atoms. The number of fused-ring (bicyclic) bond motifs is 1. The fraction of sp³-hybridized carbons (Fsp3) is 0.176. The first-order chi connectivity index (χ1) is 12.5. The van der Waals surface area contributed by atoms with Crippen LogP contribution in [0.5, 0.6) is 5.75 Å². The van der Waals surface area contributed by atoms with Crippen LogP contribution in [0.4, 0.5) is 11.4 Å². The minimum Gasteiger partial charge on any atom is -0.495 e. The van der Waals surface area contributed by atoms with Crippen molar-refractivity contribution in [2.75, 3.05) is 12.4 Å². The van der Waals surface area contributed by atoms with Gasteiger partial charge in [0.1, 0.15) is 5.75 Å². The first-order valence-corrected chi connectivity index (χ1v) is 8.59. The second-order valence-corrected chi connectivity index (χ2v) is 6.74. The number of hydrogen-bond acceptors (Lipinski definition) is 6.